The van der Waals surface area contributed by atoms with Crippen LogP contribution >= 0.6 is 0 Å². The van der Waals surface area contributed by atoms with Crippen molar-refractivity contribution < 1.29 is 8.42 Å². The number of nitrogens with two attached hydrogens (primary N) is 2. The van der Waals surface area contributed by atoms with Gasteiger partial charge in [0.1, 0.15) is 4.90 Å². The fourth-order valence-electron chi connectivity index (χ4n) is 2.01. The van der Waals surface area contributed by atoms with Crippen molar-refractivity contribution in [2.24, 2.45) is 5.14 Å². The highest BCUT2D eigenvalue weighted by atomic mass is 32.2. The fourth-order valence-corrected chi connectivity index (χ4v) is 2.70. The van der Waals surface area contributed by atoms with Gasteiger partial charge in [0.15, 0.2) is 0 Å². The molecule has 106 valence electrons. The SMILES string of the molecule is CN(CCNc1cccc(S(N)(=O)=O)c1N)C1CC1. The first-order valence-corrected chi connectivity index (χ1v) is 7.79. The van der Waals surface area contributed by atoms with Gasteiger partial charge >= 0.3 is 0 Å². The summed E-state index contributed by atoms with van der Waals surface area (Å²) in [5.74, 6) is 0. The molecule has 0 saturated heterocycles. The van der Waals surface area contributed by atoms with E-state index in [-0.39, 0.29) is 10.6 Å². The number of nitrogens with zero attached hydrogens (tertiary/aromatic N) is 1. The van der Waals surface area contributed by atoms with Crippen molar-refractivity contribution in [2.45, 2.75) is 23.8 Å². The molecule has 1 fully saturated rings. The van der Waals surface area contributed by atoms with E-state index in [4.69, 9.17) is 10.9 Å². The Labute approximate surface area is 113 Å². The number of nitrogen functional groups attached to an aromatic ring is 1. The Morgan fingerprint density at radius 2 is 2.11 bits per heavy atom. The highest BCUT2D eigenvalue weighted by Crippen LogP contribution is 2.26. The second-order valence-corrected chi connectivity index (χ2v) is 6.43. The number of benzene rings is 1. The predicted octanol–water partition coefficient (Wildman–Crippen LogP) is 0.422. The zero-order valence-electron chi connectivity index (χ0n) is 11.0. The smallest absolute Gasteiger partial charge is 0.240 e. The van der Waals surface area contributed by atoms with Gasteiger partial charge in [-0.15, -0.1) is 0 Å². The first-order chi connectivity index (χ1) is 8.89. The summed E-state index contributed by atoms with van der Waals surface area (Å²) in [5, 5.41) is 8.26. The van der Waals surface area contributed by atoms with Crippen LogP contribution in [0.15, 0.2) is 23.1 Å². The topological polar surface area (TPSA) is 101 Å². The number of anilines is 2. The Bertz CT molecular complexity index is 555. The molecule has 1 aliphatic rings. The predicted molar refractivity (Wildman–Crippen MR) is 76.4 cm³/mol. The van der Waals surface area contributed by atoms with Gasteiger partial charge in [0, 0.05) is 19.1 Å². The number of nitrogens with one attached hydrogen (secondary N) is 1. The van der Waals surface area contributed by atoms with E-state index in [1.54, 1.807) is 12.1 Å². The zero-order chi connectivity index (χ0) is 14.0. The third-order valence-electron chi connectivity index (χ3n) is 3.32. The molecule has 0 unspecified atom stereocenters. The lowest BCUT2D eigenvalue weighted by Gasteiger charge is -2.17. The van der Waals surface area contributed by atoms with E-state index < -0.39 is 10.0 Å². The van der Waals surface area contributed by atoms with Crippen LogP contribution in [-0.2, 0) is 10.0 Å². The van der Waals surface area contributed by atoms with Crippen LogP contribution in [0, 0.1) is 0 Å². The normalized spacial score (nSPS) is 15.7. The summed E-state index contributed by atoms with van der Waals surface area (Å²) < 4.78 is 22.7. The molecule has 0 spiro atoms. The summed E-state index contributed by atoms with van der Waals surface area (Å²) in [5.41, 5.74) is 6.61. The number of rotatable bonds is 6. The number of hydrogen-bond donors (Lipinski definition) is 3. The highest BCUT2D eigenvalue weighted by molar-refractivity contribution is 7.89. The van der Waals surface area contributed by atoms with E-state index in [0.29, 0.717) is 18.3 Å². The largest absolute Gasteiger partial charge is 0.396 e. The third-order valence-corrected chi connectivity index (χ3v) is 4.29. The molecule has 1 aromatic rings. The molecule has 1 saturated carbocycles. The minimum Gasteiger partial charge on any atom is -0.396 e. The lowest BCUT2D eigenvalue weighted by molar-refractivity contribution is 0.337. The molecular weight excluding hydrogens is 264 g/mol. The van der Waals surface area contributed by atoms with Gasteiger partial charge in [-0.25, -0.2) is 13.6 Å². The van der Waals surface area contributed by atoms with Crippen LogP contribution in [-0.4, -0.2) is 39.5 Å². The average molecular weight is 284 g/mol. The molecule has 0 amide bonds. The highest BCUT2D eigenvalue weighted by Gasteiger charge is 2.25. The maximum atomic E-state index is 11.3. The number of likely N-dealkylation sites (N-methyl/N-ethyl adjacent to an activating group) is 1. The molecule has 19 heavy (non-hydrogen) atoms. The molecule has 1 aromatic carbocycles. The summed E-state index contributed by atoms with van der Waals surface area (Å²) in [4.78, 5) is 2.25. The van der Waals surface area contributed by atoms with Gasteiger partial charge in [0.25, 0.3) is 0 Å². The van der Waals surface area contributed by atoms with Gasteiger partial charge < -0.3 is 16.0 Å². The van der Waals surface area contributed by atoms with Gasteiger partial charge in [0.05, 0.1) is 11.4 Å². The second kappa shape index (κ2) is 5.36. The third kappa shape index (κ3) is 3.59. The molecule has 0 atom stereocenters. The molecule has 0 aromatic heterocycles. The maximum absolute atomic E-state index is 11.3. The summed E-state index contributed by atoms with van der Waals surface area (Å²) in [6, 6.07) is 5.49. The van der Waals surface area contributed by atoms with Crippen molar-refractivity contribution >= 4 is 21.4 Å². The lowest BCUT2D eigenvalue weighted by atomic mass is 10.2. The van der Waals surface area contributed by atoms with Gasteiger partial charge in [0.2, 0.25) is 10.0 Å². The Morgan fingerprint density at radius 1 is 1.42 bits per heavy atom. The Morgan fingerprint density at radius 3 is 2.68 bits per heavy atom. The van der Waals surface area contributed by atoms with Crippen LogP contribution in [0.1, 0.15) is 12.8 Å². The van der Waals surface area contributed by atoms with E-state index in [1.165, 1.54) is 18.9 Å². The van der Waals surface area contributed by atoms with Gasteiger partial charge in [-0.1, -0.05) is 6.07 Å². The van der Waals surface area contributed by atoms with Crippen molar-refractivity contribution in [1.29, 1.82) is 0 Å². The Hall–Kier alpha value is -1.31. The van der Waals surface area contributed by atoms with Crippen LogP contribution in [0.4, 0.5) is 11.4 Å². The van der Waals surface area contributed by atoms with Crippen molar-refractivity contribution in [3.05, 3.63) is 18.2 Å². The van der Waals surface area contributed by atoms with E-state index in [1.807, 2.05) is 0 Å². The summed E-state index contributed by atoms with van der Waals surface area (Å²) >= 11 is 0. The van der Waals surface area contributed by atoms with Crippen LogP contribution < -0.4 is 16.2 Å². The van der Waals surface area contributed by atoms with Crippen molar-refractivity contribution in [3.8, 4) is 0 Å². The van der Waals surface area contributed by atoms with Crippen LogP contribution in [0.5, 0.6) is 0 Å². The van der Waals surface area contributed by atoms with Crippen molar-refractivity contribution in [2.75, 3.05) is 31.2 Å². The lowest BCUT2D eigenvalue weighted by Crippen LogP contribution is -2.27. The molecular formula is C12H20N4O2S. The van der Waals surface area contributed by atoms with Gasteiger partial charge in [-0.3, -0.25) is 0 Å². The number of para-hydroxylation sites is 1. The molecule has 5 N–H and O–H groups in total. The first kappa shape index (κ1) is 14.1. The zero-order valence-corrected chi connectivity index (χ0v) is 11.8. The molecule has 1 aliphatic carbocycles. The Kier molecular flexibility index (Phi) is 3.98. The second-order valence-electron chi connectivity index (χ2n) is 4.90. The fraction of sp³-hybridized carbons (Fsp3) is 0.500. The quantitative estimate of drug-likeness (QED) is 0.657. The molecule has 7 heteroatoms. The first-order valence-electron chi connectivity index (χ1n) is 6.25. The van der Waals surface area contributed by atoms with Gasteiger partial charge in [-0.2, -0.15) is 0 Å². The van der Waals surface area contributed by atoms with Crippen molar-refractivity contribution in [3.63, 3.8) is 0 Å². The molecule has 0 bridgehead atoms. The molecule has 0 heterocycles. The standard InChI is InChI=1S/C12H20N4O2S/c1-16(9-5-6-9)8-7-15-10-3-2-4-11(12(10)13)19(14,17)18/h2-4,9,15H,5-8,13H2,1H3,(H2,14,17,18). The van der Waals surface area contributed by atoms with Crippen LogP contribution in [0.25, 0.3) is 0 Å². The number of hydrogen-bond acceptors (Lipinski definition) is 5. The number of sulfonamides is 1. The van der Waals surface area contributed by atoms with E-state index in [9.17, 15) is 8.42 Å². The van der Waals surface area contributed by atoms with Gasteiger partial charge in [-0.05, 0) is 32.0 Å². The summed E-state index contributed by atoms with van der Waals surface area (Å²) in [7, 11) is -1.69. The molecule has 0 aliphatic heterocycles. The van der Waals surface area contributed by atoms with E-state index in [0.717, 1.165) is 6.54 Å². The minimum absolute atomic E-state index is 0.0342. The van der Waals surface area contributed by atoms with E-state index in [2.05, 4.69) is 17.3 Å². The van der Waals surface area contributed by atoms with Crippen LogP contribution in [0.3, 0.4) is 0 Å². The minimum atomic E-state index is -3.78. The molecule has 6 nitrogen and oxygen atoms in total. The molecule has 0 radical (unpaired) electrons. The molecule has 2 rings (SSSR count). The number of primary sulfonamides is 1. The van der Waals surface area contributed by atoms with Crippen molar-refractivity contribution in [1.82, 2.24) is 4.90 Å². The Balaban J connectivity index is 2.00. The monoisotopic (exact) mass is 284 g/mol. The van der Waals surface area contributed by atoms with E-state index >= 15 is 0 Å². The maximum Gasteiger partial charge on any atom is 0.240 e. The average Bonchev–Trinajstić information content (AvgIpc) is 3.13. The summed E-state index contributed by atoms with van der Waals surface area (Å²) in [6.07, 6.45) is 2.53. The van der Waals surface area contributed by atoms with Crippen LogP contribution in [0.2, 0.25) is 0 Å². The summed E-state index contributed by atoms with van der Waals surface area (Å²) in [6.45, 7) is 1.61.